The van der Waals surface area contributed by atoms with Gasteiger partial charge in [0, 0.05) is 62.1 Å². The molecule has 7 heteroatoms. The van der Waals surface area contributed by atoms with E-state index in [2.05, 4.69) is 4.98 Å². The van der Waals surface area contributed by atoms with Crippen LogP contribution in [0.5, 0.6) is 0 Å². The van der Waals surface area contributed by atoms with Gasteiger partial charge >= 0.3 is 0 Å². The molecular weight excluding hydrogens is 356 g/mol. The van der Waals surface area contributed by atoms with E-state index in [4.69, 9.17) is 0 Å². The Morgan fingerprint density at radius 3 is 2.43 bits per heavy atom. The predicted octanol–water partition coefficient (Wildman–Crippen LogP) is 1.63. The summed E-state index contributed by atoms with van der Waals surface area (Å²) in [6.45, 7) is 4.31. The molecule has 1 aliphatic heterocycles. The Morgan fingerprint density at radius 1 is 1.11 bits per heavy atom. The maximum atomic E-state index is 12.8. The van der Waals surface area contributed by atoms with E-state index in [-0.39, 0.29) is 11.5 Å². The topological polar surface area (TPSA) is 81.6 Å². The number of hydrogen-bond acceptors (Lipinski definition) is 4. The number of amides is 1. The number of aromatic nitrogens is 2. The monoisotopic (exact) mass is 380 g/mol. The number of aliphatic hydroxyl groups excluding tert-OH is 1. The zero-order chi connectivity index (χ0) is 19.8. The number of carbonyl (C=O) groups is 1. The zero-order valence-electron chi connectivity index (χ0n) is 16.1. The van der Waals surface area contributed by atoms with Crippen LogP contribution in [-0.2, 0) is 7.05 Å². The Balaban J connectivity index is 1.57. The molecule has 146 valence electrons. The van der Waals surface area contributed by atoms with Crippen molar-refractivity contribution in [2.45, 2.75) is 13.2 Å². The number of aryl methyl sites for hydroxylation is 1. The van der Waals surface area contributed by atoms with Gasteiger partial charge in [-0.3, -0.25) is 14.5 Å². The molecule has 1 fully saturated rings. The SMILES string of the molecule is CC(O)N1CCN(C(=O)c2ccc(-c3cn(C)c(=O)c4[nH]ccc34)cc2)CC1. The summed E-state index contributed by atoms with van der Waals surface area (Å²) in [6, 6.07) is 9.41. The predicted molar refractivity (Wildman–Crippen MR) is 108 cm³/mol. The number of nitrogens with one attached hydrogen (secondary N) is 1. The number of H-pyrrole nitrogens is 1. The van der Waals surface area contributed by atoms with Crippen molar-refractivity contribution in [1.82, 2.24) is 19.4 Å². The molecule has 4 rings (SSSR count). The lowest BCUT2D eigenvalue weighted by atomic mass is 10.0. The molecule has 0 aliphatic carbocycles. The lowest BCUT2D eigenvalue weighted by molar-refractivity contribution is -0.0102. The second-order valence-corrected chi connectivity index (χ2v) is 7.26. The van der Waals surface area contributed by atoms with Crippen LogP contribution in [0.2, 0.25) is 0 Å². The van der Waals surface area contributed by atoms with Crippen LogP contribution in [0.3, 0.4) is 0 Å². The third-order valence-electron chi connectivity index (χ3n) is 5.47. The molecule has 1 aliphatic rings. The third-order valence-corrected chi connectivity index (χ3v) is 5.47. The molecule has 0 saturated carbocycles. The maximum Gasteiger partial charge on any atom is 0.274 e. The summed E-state index contributed by atoms with van der Waals surface area (Å²) >= 11 is 0. The van der Waals surface area contributed by atoms with Gasteiger partial charge in [0.05, 0.1) is 0 Å². The molecule has 3 heterocycles. The summed E-state index contributed by atoms with van der Waals surface area (Å²) in [5, 5.41) is 10.5. The summed E-state index contributed by atoms with van der Waals surface area (Å²) in [5.74, 6) is 0.00375. The van der Waals surface area contributed by atoms with Crippen LogP contribution in [0.15, 0.2) is 47.5 Å². The van der Waals surface area contributed by atoms with E-state index in [1.54, 1.807) is 24.7 Å². The number of pyridine rings is 1. The van der Waals surface area contributed by atoms with Crippen molar-refractivity contribution >= 4 is 16.8 Å². The number of fused-ring (bicyclic) bond motifs is 1. The minimum atomic E-state index is -0.483. The quantitative estimate of drug-likeness (QED) is 0.724. The minimum Gasteiger partial charge on any atom is -0.379 e. The second kappa shape index (κ2) is 7.26. The van der Waals surface area contributed by atoms with E-state index in [1.807, 2.05) is 46.3 Å². The Hall–Kier alpha value is -2.90. The van der Waals surface area contributed by atoms with E-state index in [1.165, 1.54) is 0 Å². The molecule has 1 unspecified atom stereocenters. The van der Waals surface area contributed by atoms with Gasteiger partial charge in [0.2, 0.25) is 0 Å². The van der Waals surface area contributed by atoms with Crippen LogP contribution < -0.4 is 5.56 Å². The summed E-state index contributed by atoms with van der Waals surface area (Å²) in [4.78, 5) is 31.8. The molecule has 0 bridgehead atoms. The maximum absolute atomic E-state index is 12.8. The number of nitrogens with zero attached hydrogens (tertiary/aromatic N) is 3. The highest BCUT2D eigenvalue weighted by Gasteiger charge is 2.24. The first-order chi connectivity index (χ1) is 13.5. The second-order valence-electron chi connectivity index (χ2n) is 7.26. The van der Waals surface area contributed by atoms with Gasteiger partial charge in [0.15, 0.2) is 0 Å². The number of aromatic amines is 1. The fourth-order valence-electron chi connectivity index (χ4n) is 3.77. The smallest absolute Gasteiger partial charge is 0.274 e. The first kappa shape index (κ1) is 18.5. The number of rotatable bonds is 3. The molecule has 1 aromatic carbocycles. The van der Waals surface area contributed by atoms with Gasteiger partial charge in [-0.1, -0.05) is 12.1 Å². The first-order valence-corrected chi connectivity index (χ1v) is 9.44. The molecule has 28 heavy (non-hydrogen) atoms. The van der Waals surface area contributed by atoms with E-state index in [0.717, 1.165) is 16.5 Å². The van der Waals surface area contributed by atoms with Crippen LogP contribution in [0.25, 0.3) is 22.0 Å². The van der Waals surface area contributed by atoms with Crippen LogP contribution in [0.1, 0.15) is 17.3 Å². The number of carbonyl (C=O) groups excluding carboxylic acids is 1. The van der Waals surface area contributed by atoms with Gasteiger partial charge in [0.25, 0.3) is 11.5 Å². The molecule has 1 saturated heterocycles. The molecular formula is C21H24N4O3. The van der Waals surface area contributed by atoms with Crippen molar-refractivity contribution in [2.24, 2.45) is 7.05 Å². The van der Waals surface area contributed by atoms with Crippen molar-refractivity contribution < 1.29 is 9.90 Å². The van der Waals surface area contributed by atoms with E-state index in [9.17, 15) is 14.7 Å². The Kier molecular flexibility index (Phi) is 4.78. The van der Waals surface area contributed by atoms with E-state index >= 15 is 0 Å². The van der Waals surface area contributed by atoms with Crippen molar-refractivity contribution in [3.8, 4) is 11.1 Å². The standard InChI is InChI=1S/C21H24N4O3/c1-14(26)24-9-11-25(12-10-24)20(27)16-5-3-15(4-6-16)18-13-23(2)21(28)19-17(18)7-8-22-19/h3-8,13-14,22,26H,9-12H2,1-2H3. The fourth-order valence-corrected chi connectivity index (χ4v) is 3.77. The van der Waals surface area contributed by atoms with Crippen molar-refractivity contribution in [3.05, 3.63) is 58.6 Å². The highest BCUT2D eigenvalue weighted by molar-refractivity contribution is 5.97. The van der Waals surface area contributed by atoms with Gasteiger partial charge in [-0.25, -0.2) is 0 Å². The number of piperazine rings is 1. The average molecular weight is 380 g/mol. The molecule has 1 amide bonds. The molecule has 1 atom stereocenters. The van der Waals surface area contributed by atoms with Crippen LogP contribution in [0.4, 0.5) is 0 Å². The fraction of sp³-hybridized carbons (Fsp3) is 0.333. The molecule has 0 radical (unpaired) electrons. The Morgan fingerprint density at radius 2 is 1.79 bits per heavy atom. The summed E-state index contributed by atoms with van der Waals surface area (Å²) < 4.78 is 1.56. The number of hydrogen-bond donors (Lipinski definition) is 2. The number of aliphatic hydroxyl groups is 1. The van der Waals surface area contributed by atoms with Gasteiger partial charge in [0.1, 0.15) is 11.7 Å². The molecule has 2 aromatic heterocycles. The lowest BCUT2D eigenvalue weighted by Gasteiger charge is -2.36. The first-order valence-electron chi connectivity index (χ1n) is 9.44. The normalized spacial score (nSPS) is 16.5. The van der Waals surface area contributed by atoms with Crippen LogP contribution >= 0.6 is 0 Å². The Bertz CT molecular complexity index is 1060. The average Bonchev–Trinajstić information content (AvgIpc) is 3.20. The zero-order valence-corrected chi connectivity index (χ0v) is 16.1. The van der Waals surface area contributed by atoms with Crippen LogP contribution in [0, 0.1) is 0 Å². The van der Waals surface area contributed by atoms with E-state index in [0.29, 0.717) is 37.3 Å². The van der Waals surface area contributed by atoms with Crippen molar-refractivity contribution in [3.63, 3.8) is 0 Å². The molecule has 7 nitrogen and oxygen atoms in total. The molecule has 2 N–H and O–H groups in total. The van der Waals surface area contributed by atoms with Gasteiger partial charge in [-0.05, 0) is 30.7 Å². The van der Waals surface area contributed by atoms with Gasteiger partial charge < -0.3 is 19.6 Å². The lowest BCUT2D eigenvalue weighted by Crippen LogP contribution is -2.51. The number of benzene rings is 1. The van der Waals surface area contributed by atoms with Crippen molar-refractivity contribution in [2.75, 3.05) is 26.2 Å². The highest BCUT2D eigenvalue weighted by Crippen LogP contribution is 2.26. The summed E-state index contributed by atoms with van der Waals surface area (Å²) in [6.07, 6.45) is 3.11. The van der Waals surface area contributed by atoms with E-state index < -0.39 is 6.23 Å². The minimum absolute atomic E-state index is 0.00375. The molecule has 3 aromatic rings. The third kappa shape index (κ3) is 3.23. The molecule has 0 spiro atoms. The summed E-state index contributed by atoms with van der Waals surface area (Å²) in [7, 11) is 1.73. The van der Waals surface area contributed by atoms with Gasteiger partial charge in [-0.15, -0.1) is 0 Å². The Labute approximate surface area is 162 Å². The highest BCUT2D eigenvalue weighted by atomic mass is 16.3. The van der Waals surface area contributed by atoms with Crippen molar-refractivity contribution in [1.29, 1.82) is 0 Å². The summed E-state index contributed by atoms with van der Waals surface area (Å²) in [5.41, 5.74) is 3.06. The van der Waals surface area contributed by atoms with Crippen LogP contribution in [-0.4, -0.2) is 62.8 Å². The largest absolute Gasteiger partial charge is 0.379 e. The van der Waals surface area contributed by atoms with Gasteiger partial charge in [-0.2, -0.15) is 0 Å².